The van der Waals surface area contributed by atoms with Crippen LogP contribution in [-0.2, 0) is 75.2 Å². The van der Waals surface area contributed by atoms with Gasteiger partial charge in [0.25, 0.3) is 0 Å². The Morgan fingerprint density at radius 1 is 0.675 bits per heavy atom. The zero-order valence-electron chi connectivity index (χ0n) is 44.2. The summed E-state index contributed by atoms with van der Waals surface area (Å²) >= 11 is 0. The molecule has 1 fully saturated rings. The number of rotatable bonds is 33. The summed E-state index contributed by atoms with van der Waals surface area (Å²) in [5.41, 5.74) is 27.5. The first-order valence-corrected chi connectivity index (χ1v) is 25.2. The molecule has 0 spiro atoms. The first-order chi connectivity index (χ1) is 37.7. The van der Waals surface area contributed by atoms with Crippen LogP contribution in [0.1, 0.15) is 77.0 Å². The number of aliphatic carboxylic acids is 2. The van der Waals surface area contributed by atoms with Crippen LogP contribution < -0.4 is 71.2 Å². The third-order valence-electron chi connectivity index (χ3n) is 12.2. The van der Waals surface area contributed by atoms with Crippen molar-refractivity contribution >= 4 is 82.9 Å². The number of nitrogens with one attached hydrogen (secondary N) is 9. The topological polar surface area (TPSA) is 533 Å². The second kappa shape index (κ2) is 31.9. The molecule has 0 saturated carbocycles. The Labute approximate surface area is 458 Å². The molecule has 1 aliphatic rings. The monoisotopic (exact) mass is 1130 g/mol. The molecule has 438 valence electrons. The number of carboxylic acids is 2. The zero-order chi connectivity index (χ0) is 59.8. The van der Waals surface area contributed by atoms with Gasteiger partial charge in [0, 0.05) is 37.8 Å². The predicted molar refractivity (Wildman–Crippen MR) is 280 cm³/mol. The van der Waals surface area contributed by atoms with E-state index in [-0.39, 0.29) is 57.6 Å². The number of aromatic nitrogens is 2. The maximum atomic E-state index is 14.4. The summed E-state index contributed by atoms with van der Waals surface area (Å²) < 4.78 is 0. The van der Waals surface area contributed by atoms with Crippen LogP contribution in [0.25, 0.3) is 0 Å². The number of aromatic amines is 1. The molecule has 1 saturated heterocycles. The summed E-state index contributed by atoms with van der Waals surface area (Å²) in [4.78, 5) is 182. The second-order valence-electron chi connectivity index (χ2n) is 19.0. The quantitative estimate of drug-likeness (QED) is 0.0179. The number of guanidine groups is 1. The van der Waals surface area contributed by atoms with Crippen molar-refractivity contribution in [1.82, 2.24) is 57.4 Å². The molecule has 32 nitrogen and oxygen atoms in total. The molecule has 0 unspecified atom stereocenters. The maximum absolute atomic E-state index is 14.4. The smallest absolute Gasteiger partial charge is 0.326 e. The molecule has 21 N–H and O–H groups in total. The van der Waals surface area contributed by atoms with Crippen molar-refractivity contribution in [2.24, 2.45) is 39.6 Å². The third kappa shape index (κ3) is 21.7. The van der Waals surface area contributed by atoms with Crippen molar-refractivity contribution in [2.75, 3.05) is 19.6 Å². The number of nitrogens with zero attached hydrogens (tertiary/aromatic N) is 3. The molecule has 3 rings (SSSR count). The fraction of sp³-hybridized carbons (Fsp3) is 0.521. The van der Waals surface area contributed by atoms with E-state index in [1.807, 2.05) is 0 Å². The zero-order valence-corrected chi connectivity index (χ0v) is 44.2. The van der Waals surface area contributed by atoms with E-state index in [0.29, 0.717) is 11.3 Å². The number of amides is 11. The molecule has 0 radical (unpaired) electrons. The summed E-state index contributed by atoms with van der Waals surface area (Å²) in [6.45, 7) is 3.69. The number of benzene rings is 1. The highest BCUT2D eigenvalue weighted by Crippen LogP contribution is 2.20. The Hall–Kier alpha value is -9.23. The number of carbonyl (C=O) groups is 13. The van der Waals surface area contributed by atoms with Gasteiger partial charge in [0.15, 0.2) is 5.96 Å². The van der Waals surface area contributed by atoms with Gasteiger partial charge in [-0.15, -0.1) is 0 Å². The van der Waals surface area contributed by atoms with Gasteiger partial charge in [0.05, 0.1) is 32.1 Å². The summed E-state index contributed by atoms with van der Waals surface area (Å²) in [5, 5.41) is 38.5. The van der Waals surface area contributed by atoms with Gasteiger partial charge in [0.1, 0.15) is 54.4 Å². The minimum atomic E-state index is -1.87. The fourth-order valence-corrected chi connectivity index (χ4v) is 8.14. The van der Waals surface area contributed by atoms with E-state index in [9.17, 15) is 72.5 Å². The van der Waals surface area contributed by atoms with Gasteiger partial charge in [-0.25, -0.2) is 9.78 Å². The minimum Gasteiger partial charge on any atom is -0.481 e. The largest absolute Gasteiger partial charge is 0.481 e. The molecule has 1 aliphatic heterocycles. The molecule has 1 aromatic heterocycles. The van der Waals surface area contributed by atoms with E-state index in [1.54, 1.807) is 30.3 Å². The summed E-state index contributed by atoms with van der Waals surface area (Å²) in [6, 6.07) is -5.58. The standard InChI is InChI=1S/C48H71N17O15/c1-23(2)38(64-43(75)31(19-37(69)70)62-42(74)30(17-34(50)66)58-36(68)20-49)45(77)57-24(3)39(71)60-28(15-25-9-5-4-6-10-25)40(72)61-29(16-26-21-54-22-56-26)41(73)63-32(18-35(51)67)46(78)65-14-8-12-33(65)44(76)59-27(47(79)80)11-7-13-55-48(52)53/h4-6,9-10,21-24,27-33,38H,7-8,11-20,49H2,1-3H3,(H2,50,66)(H2,51,67)(H,54,56)(H,57,77)(H,58,68)(H,59,76)(H,60,71)(H,61,72)(H,62,74)(H,63,73)(H,64,75)(H,69,70)(H,79,80)(H4,52,53,55)/t24-,27-,28-,29-,30-,31-,32-,33-,38-/m0/s1. The molecule has 2 heterocycles. The van der Waals surface area contributed by atoms with Crippen molar-refractivity contribution in [2.45, 2.75) is 133 Å². The van der Waals surface area contributed by atoms with Crippen molar-refractivity contribution in [1.29, 1.82) is 0 Å². The number of carbonyl (C=O) groups excluding carboxylic acids is 11. The van der Waals surface area contributed by atoms with Gasteiger partial charge in [-0.1, -0.05) is 44.2 Å². The molecule has 0 bridgehead atoms. The van der Waals surface area contributed by atoms with Crippen molar-refractivity contribution in [3.63, 3.8) is 0 Å². The Balaban J connectivity index is 1.86. The number of likely N-dealkylation sites (tertiary alicyclic amines) is 1. The lowest BCUT2D eigenvalue weighted by Crippen LogP contribution is -2.61. The molecule has 11 amide bonds. The van der Waals surface area contributed by atoms with Gasteiger partial charge < -0.3 is 91.3 Å². The predicted octanol–water partition coefficient (Wildman–Crippen LogP) is -6.94. The van der Waals surface area contributed by atoms with Gasteiger partial charge >= 0.3 is 11.9 Å². The Morgan fingerprint density at radius 2 is 1.24 bits per heavy atom. The van der Waals surface area contributed by atoms with Crippen LogP contribution in [0.15, 0.2) is 47.8 Å². The van der Waals surface area contributed by atoms with E-state index < -0.39 is 163 Å². The van der Waals surface area contributed by atoms with Gasteiger partial charge in [-0.05, 0) is 44.1 Å². The average molecular weight is 1130 g/mol. The SMILES string of the molecule is CC(C)[C@H](NC(=O)[C@H](CC(=O)O)NC(=O)[C@H](CC(N)=O)NC(=O)CN)C(=O)N[C@@H](C)C(=O)N[C@@H](Cc1ccccc1)C(=O)N[C@@H](Cc1cnc[nH]1)C(=O)N[C@@H](CC(N)=O)C(=O)N1CCC[C@H]1C(=O)N[C@@H](CCCN=C(N)N)C(=O)O. The molecule has 9 atom stereocenters. The highest BCUT2D eigenvalue weighted by atomic mass is 16.4. The first-order valence-electron chi connectivity index (χ1n) is 25.2. The molecular formula is C48H71N17O15. The van der Waals surface area contributed by atoms with Crippen LogP contribution in [0.4, 0.5) is 0 Å². The molecule has 2 aromatic rings. The van der Waals surface area contributed by atoms with Crippen molar-refractivity contribution < 1.29 is 72.5 Å². The normalized spacial score (nSPS) is 15.8. The molecule has 0 aliphatic carbocycles. The van der Waals surface area contributed by atoms with Crippen LogP contribution >= 0.6 is 0 Å². The van der Waals surface area contributed by atoms with Crippen molar-refractivity contribution in [3.05, 3.63) is 54.1 Å². The number of primary amides is 2. The van der Waals surface area contributed by atoms with E-state index >= 15 is 0 Å². The van der Waals surface area contributed by atoms with Gasteiger partial charge in [0.2, 0.25) is 65.0 Å². The van der Waals surface area contributed by atoms with E-state index in [2.05, 4.69) is 57.5 Å². The lowest BCUT2D eigenvalue weighted by atomic mass is 10.0. The van der Waals surface area contributed by atoms with Gasteiger partial charge in [-0.2, -0.15) is 0 Å². The van der Waals surface area contributed by atoms with Crippen molar-refractivity contribution in [3.8, 4) is 0 Å². The fourth-order valence-electron chi connectivity index (χ4n) is 8.14. The van der Waals surface area contributed by atoms with E-state index in [0.717, 1.165) is 4.90 Å². The lowest BCUT2D eigenvalue weighted by Gasteiger charge is -2.30. The number of carboxylic acid groups (broad SMARTS) is 2. The Bertz CT molecular complexity index is 2580. The van der Waals surface area contributed by atoms with E-state index in [1.165, 1.54) is 33.3 Å². The molecule has 1 aromatic carbocycles. The Kier molecular flexibility index (Phi) is 25.9. The highest BCUT2D eigenvalue weighted by molar-refractivity contribution is 6.00. The number of H-pyrrole nitrogens is 1. The highest BCUT2D eigenvalue weighted by Gasteiger charge is 2.41. The molecule has 80 heavy (non-hydrogen) atoms. The number of hydrogen-bond donors (Lipinski definition) is 16. The van der Waals surface area contributed by atoms with E-state index in [4.69, 9.17) is 28.7 Å². The maximum Gasteiger partial charge on any atom is 0.326 e. The Morgan fingerprint density at radius 3 is 1.80 bits per heavy atom. The number of aliphatic imine (C=N–C) groups is 1. The summed E-state index contributed by atoms with van der Waals surface area (Å²) in [5.74, 6) is -14.8. The van der Waals surface area contributed by atoms with Crippen LogP contribution in [0.2, 0.25) is 0 Å². The van der Waals surface area contributed by atoms with Crippen LogP contribution in [0.5, 0.6) is 0 Å². The van der Waals surface area contributed by atoms with Crippen LogP contribution in [-0.4, -0.2) is 182 Å². The number of nitrogens with two attached hydrogens (primary N) is 5. The lowest BCUT2D eigenvalue weighted by molar-refractivity contribution is -0.145. The minimum absolute atomic E-state index is 0.0294. The third-order valence-corrected chi connectivity index (χ3v) is 12.2. The van der Waals surface area contributed by atoms with Crippen LogP contribution in [0, 0.1) is 5.92 Å². The summed E-state index contributed by atoms with van der Waals surface area (Å²) in [7, 11) is 0. The van der Waals surface area contributed by atoms with Gasteiger partial charge in [-0.3, -0.25) is 62.5 Å². The first kappa shape index (κ1) is 65.1. The number of hydrogen-bond acceptors (Lipinski definition) is 16. The number of imidazole rings is 1. The second-order valence-corrected chi connectivity index (χ2v) is 19.0. The van der Waals surface area contributed by atoms with Crippen LogP contribution in [0.3, 0.4) is 0 Å². The molecule has 32 heteroatoms. The average Bonchev–Trinajstić information content (AvgIpc) is 4.10. The summed E-state index contributed by atoms with van der Waals surface area (Å²) in [6.07, 6.45) is 0.0764. The molecular weight excluding hydrogens is 1050 g/mol.